The number of piperidine rings is 1. The van der Waals surface area contributed by atoms with Gasteiger partial charge >= 0.3 is 6.03 Å². The number of hydrogen-bond donors (Lipinski definition) is 0. The highest BCUT2D eigenvalue weighted by Crippen LogP contribution is 2.39. The van der Waals surface area contributed by atoms with Crippen LogP contribution in [-0.2, 0) is 11.0 Å². The summed E-state index contributed by atoms with van der Waals surface area (Å²) in [7, 11) is -0.103. The lowest BCUT2D eigenvalue weighted by molar-refractivity contribution is 0.0835. The van der Waals surface area contributed by atoms with E-state index in [1.807, 2.05) is 29.2 Å². The molecule has 2 heterocycles. The van der Waals surface area contributed by atoms with Crippen molar-refractivity contribution in [2.45, 2.75) is 70.4 Å². The smallest absolute Gasteiger partial charge is 0.320 e. The molecule has 150 valence electrons. The predicted molar refractivity (Wildman–Crippen MR) is 111 cm³/mol. The molecule has 2 atom stereocenters. The normalized spacial score (nSPS) is 23.6. The third-order valence-corrected chi connectivity index (χ3v) is 11.0. The van der Waals surface area contributed by atoms with Crippen LogP contribution in [0.15, 0.2) is 24.3 Å². The minimum atomic E-state index is -1.77. The molecule has 6 heteroatoms. The highest BCUT2D eigenvalue weighted by Gasteiger charge is 2.44. The van der Waals surface area contributed by atoms with Crippen molar-refractivity contribution in [3.63, 3.8) is 0 Å². The predicted octanol–water partition coefficient (Wildman–Crippen LogP) is 4.49. The number of methoxy groups -OCH3 is 1. The molecule has 3 rings (SSSR count). The summed E-state index contributed by atoms with van der Waals surface area (Å²) in [5.41, 5.74) is 1.14. The van der Waals surface area contributed by atoms with Gasteiger partial charge in [0.05, 0.1) is 13.2 Å². The van der Waals surface area contributed by atoms with Gasteiger partial charge in [-0.3, -0.25) is 0 Å². The third kappa shape index (κ3) is 4.32. The topological polar surface area (TPSA) is 42.0 Å². The van der Waals surface area contributed by atoms with Crippen molar-refractivity contribution in [2.24, 2.45) is 0 Å². The Hall–Kier alpha value is -1.53. The van der Waals surface area contributed by atoms with Crippen LogP contribution in [-0.4, -0.2) is 56.5 Å². The highest BCUT2D eigenvalue weighted by atomic mass is 28.4. The van der Waals surface area contributed by atoms with Gasteiger partial charge in [-0.25, -0.2) is 4.79 Å². The van der Waals surface area contributed by atoms with E-state index in [-0.39, 0.29) is 23.2 Å². The first kappa shape index (κ1) is 20.2. The summed E-state index contributed by atoms with van der Waals surface area (Å²) in [4.78, 5) is 16.8. The molecule has 5 nitrogen and oxygen atoms in total. The van der Waals surface area contributed by atoms with E-state index in [1.165, 1.54) is 0 Å². The fourth-order valence-corrected chi connectivity index (χ4v) is 5.14. The van der Waals surface area contributed by atoms with E-state index in [9.17, 15) is 4.79 Å². The molecule has 2 amide bonds. The molecule has 0 aromatic heterocycles. The fourth-order valence-electron chi connectivity index (χ4n) is 3.74. The van der Waals surface area contributed by atoms with Crippen molar-refractivity contribution < 1.29 is 14.0 Å². The van der Waals surface area contributed by atoms with Gasteiger partial charge in [-0.15, -0.1) is 0 Å². The quantitative estimate of drug-likeness (QED) is 0.696. The van der Waals surface area contributed by atoms with Crippen molar-refractivity contribution in [3.05, 3.63) is 29.8 Å². The zero-order chi connectivity index (χ0) is 19.8. The van der Waals surface area contributed by atoms with Crippen molar-refractivity contribution in [1.82, 2.24) is 9.80 Å². The zero-order valence-electron chi connectivity index (χ0n) is 17.6. The van der Waals surface area contributed by atoms with Gasteiger partial charge in [0.25, 0.3) is 0 Å². The Labute approximate surface area is 164 Å². The molecule has 0 N–H and O–H groups in total. The summed E-state index contributed by atoms with van der Waals surface area (Å²) in [5.74, 6) is 0.842. The van der Waals surface area contributed by atoms with Gasteiger partial charge in [0.1, 0.15) is 5.75 Å². The van der Waals surface area contributed by atoms with Gasteiger partial charge in [-0.1, -0.05) is 32.9 Å². The second-order valence-electron chi connectivity index (χ2n) is 9.38. The first-order valence-electron chi connectivity index (χ1n) is 9.97. The summed E-state index contributed by atoms with van der Waals surface area (Å²) >= 11 is 0. The number of nitrogens with zero attached hydrogens (tertiary/aromatic N) is 2. The Morgan fingerprint density at radius 3 is 2.44 bits per heavy atom. The molecule has 0 unspecified atom stereocenters. The number of ether oxygens (including phenoxy) is 1. The average molecular weight is 391 g/mol. The molecule has 2 aliphatic heterocycles. The van der Waals surface area contributed by atoms with Gasteiger partial charge in [0, 0.05) is 25.7 Å². The first-order valence-corrected chi connectivity index (χ1v) is 12.9. The SMILES string of the molecule is COc1ccc(CN2C[C@@H]3C[C@@H](O[Si](C)(C)C(C)(C)C)CCN3C2=O)cc1. The van der Waals surface area contributed by atoms with E-state index in [1.54, 1.807) is 7.11 Å². The van der Waals surface area contributed by atoms with Crippen molar-refractivity contribution in [3.8, 4) is 5.75 Å². The molecular formula is C21H34N2O3Si. The van der Waals surface area contributed by atoms with E-state index >= 15 is 0 Å². The molecule has 2 aliphatic rings. The average Bonchev–Trinajstić information content (AvgIpc) is 2.89. The molecule has 0 saturated carbocycles. The Morgan fingerprint density at radius 2 is 1.85 bits per heavy atom. The Balaban J connectivity index is 1.61. The number of urea groups is 1. The lowest BCUT2D eigenvalue weighted by atomic mass is 10.0. The van der Waals surface area contributed by atoms with E-state index in [0.29, 0.717) is 6.54 Å². The number of rotatable bonds is 5. The number of benzene rings is 1. The second-order valence-corrected chi connectivity index (χ2v) is 14.1. The molecule has 0 bridgehead atoms. The van der Waals surface area contributed by atoms with Gasteiger partial charge in [-0.2, -0.15) is 0 Å². The van der Waals surface area contributed by atoms with Crippen LogP contribution >= 0.6 is 0 Å². The molecule has 0 spiro atoms. The molecule has 1 aromatic carbocycles. The van der Waals surface area contributed by atoms with Crippen LogP contribution in [0.5, 0.6) is 5.75 Å². The van der Waals surface area contributed by atoms with Crippen LogP contribution < -0.4 is 4.74 Å². The number of amides is 2. The summed E-state index contributed by atoms with van der Waals surface area (Å²) in [6.45, 7) is 13.7. The monoisotopic (exact) mass is 390 g/mol. The Bertz CT molecular complexity index is 669. The maximum atomic E-state index is 12.8. The molecular weight excluding hydrogens is 356 g/mol. The fraction of sp³-hybridized carbons (Fsp3) is 0.667. The van der Waals surface area contributed by atoms with E-state index in [4.69, 9.17) is 9.16 Å². The lowest BCUT2D eigenvalue weighted by Crippen LogP contribution is -2.49. The van der Waals surface area contributed by atoms with E-state index < -0.39 is 8.32 Å². The standard InChI is InChI=1S/C21H34N2O3Si/c1-21(2,3)27(5,6)26-19-11-12-23-17(13-19)15-22(20(23)24)14-16-7-9-18(25-4)10-8-16/h7-10,17,19H,11-15H2,1-6H3/t17-,19-/m0/s1. The van der Waals surface area contributed by atoms with Crippen LogP contribution in [0, 0.1) is 0 Å². The molecule has 0 aliphatic carbocycles. The van der Waals surface area contributed by atoms with Crippen LogP contribution in [0.1, 0.15) is 39.2 Å². The van der Waals surface area contributed by atoms with Crippen LogP contribution in [0.3, 0.4) is 0 Å². The maximum Gasteiger partial charge on any atom is 0.320 e. The third-order valence-electron chi connectivity index (χ3n) is 6.42. The molecule has 27 heavy (non-hydrogen) atoms. The number of carbonyl (C=O) groups excluding carboxylic acids is 1. The maximum absolute atomic E-state index is 12.8. The number of hydrogen-bond acceptors (Lipinski definition) is 3. The zero-order valence-corrected chi connectivity index (χ0v) is 18.6. The van der Waals surface area contributed by atoms with E-state index in [2.05, 4.69) is 38.8 Å². The summed E-state index contributed by atoms with van der Waals surface area (Å²) in [5, 5.41) is 0.218. The molecule has 2 fully saturated rings. The van der Waals surface area contributed by atoms with Crippen LogP contribution in [0.25, 0.3) is 0 Å². The van der Waals surface area contributed by atoms with Crippen molar-refractivity contribution >= 4 is 14.3 Å². The summed E-state index contributed by atoms with van der Waals surface area (Å²) in [6.07, 6.45) is 2.18. The minimum absolute atomic E-state index is 0.168. The second kappa shape index (κ2) is 7.47. The minimum Gasteiger partial charge on any atom is -0.497 e. The highest BCUT2D eigenvalue weighted by molar-refractivity contribution is 6.74. The van der Waals surface area contributed by atoms with Crippen molar-refractivity contribution in [1.29, 1.82) is 0 Å². The summed E-state index contributed by atoms with van der Waals surface area (Å²) < 4.78 is 11.8. The van der Waals surface area contributed by atoms with Gasteiger partial charge in [0.15, 0.2) is 8.32 Å². The largest absolute Gasteiger partial charge is 0.497 e. The summed E-state index contributed by atoms with van der Waals surface area (Å²) in [6, 6.07) is 8.42. The molecule has 0 radical (unpaired) electrons. The van der Waals surface area contributed by atoms with Gasteiger partial charge in [0.2, 0.25) is 0 Å². The van der Waals surface area contributed by atoms with Crippen molar-refractivity contribution in [2.75, 3.05) is 20.2 Å². The van der Waals surface area contributed by atoms with Gasteiger partial charge < -0.3 is 19.0 Å². The lowest BCUT2D eigenvalue weighted by Gasteiger charge is -2.42. The number of fused-ring (bicyclic) bond motifs is 1. The van der Waals surface area contributed by atoms with Gasteiger partial charge in [-0.05, 0) is 48.7 Å². The number of carbonyl (C=O) groups is 1. The molecule has 2 saturated heterocycles. The first-order chi connectivity index (χ1) is 12.6. The Morgan fingerprint density at radius 1 is 1.19 bits per heavy atom. The Kier molecular flexibility index (Phi) is 5.59. The van der Waals surface area contributed by atoms with Crippen LogP contribution in [0.2, 0.25) is 18.1 Å². The van der Waals surface area contributed by atoms with E-state index in [0.717, 1.165) is 37.2 Å². The molecule has 1 aromatic rings. The van der Waals surface area contributed by atoms with Crippen LogP contribution in [0.4, 0.5) is 4.79 Å².